The Bertz CT molecular complexity index is 1290. The van der Waals surface area contributed by atoms with Gasteiger partial charge >= 0.3 is 0 Å². The summed E-state index contributed by atoms with van der Waals surface area (Å²) in [4.78, 5) is 26.9. The Balaban J connectivity index is 1.51. The fourth-order valence-electron chi connectivity index (χ4n) is 3.41. The first kappa shape index (κ1) is 22.5. The second-order valence-electron chi connectivity index (χ2n) is 7.70. The third-order valence-corrected chi connectivity index (χ3v) is 7.07. The smallest absolute Gasteiger partial charge is 0.265 e. The number of carbonyl (C=O) groups excluding carboxylic acids is 2. The lowest BCUT2D eigenvalue weighted by Gasteiger charge is -2.29. The summed E-state index contributed by atoms with van der Waals surface area (Å²) in [6.45, 7) is 0.336. The first-order valence-corrected chi connectivity index (χ1v) is 11.6. The van der Waals surface area contributed by atoms with Crippen molar-refractivity contribution >= 4 is 33.2 Å². The molecule has 9 heteroatoms. The van der Waals surface area contributed by atoms with Gasteiger partial charge in [0, 0.05) is 31.4 Å². The first-order chi connectivity index (χ1) is 15.8. The molecule has 0 aromatic heterocycles. The summed E-state index contributed by atoms with van der Waals surface area (Å²) in [7, 11) is -0.674. The number of nitrogens with one attached hydrogen (secondary N) is 1. The van der Waals surface area contributed by atoms with Crippen LogP contribution in [0.2, 0.25) is 0 Å². The molecule has 0 radical (unpaired) electrons. The highest BCUT2D eigenvalue weighted by Gasteiger charge is 2.26. The molecule has 0 spiro atoms. The molecular weight excluding hydrogens is 442 g/mol. The molecule has 3 aromatic rings. The summed E-state index contributed by atoms with van der Waals surface area (Å²) in [6, 6.07) is 20.5. The number of anilines is 2. The summed E-state index contributed by atoms with van der Waals surface area (Å²) in [5, 5.41) is 2.78. The van der Waals surface area contributed by atoms with Crippen molar-refractivity contribution in [3.05, 3.63) is 83.9 Å². The van der Waals surface area contributed by atoms with Crippen LogP contribution in [0.25, 0.3) is 0 Å². The summed E-state index contributed by atoms with van der Waals surface area (Å²) in [6.07, 6.45) is 0. The van der Waals surface area contributed by atoms with E-state index in [0.717, 1.165) is 9.87 Å². The van der Waals surface area contributed by atoms with Gasteiger partial charge in [0.15, 0.2) is 6.61 Å². The van der Waals surface area contributed by atoms with Gasteiger partial charge in [0.05, 0.1) is 17.1 Å². The number of rotatable bonds is 6. The fraction of sp³-hybridized carbons (Fsp3) is 0.167. The van der Waals surface area contributed by atoms with Gasteiger partial charge in [0.2, 0.25) is 10.0 Å². The zero-order valence-electron chi connectivity index (χ0n) is 18.2. The molecule has 0 atom stereocenters. The quantitative estimate of drug-likeness (QED) is 0.604. The minimum Gasteiger partial charge on any atom is -0.481 e. The van der Waals surface area contributed by atoms with Gasteiger partial charge in [-0.2, -0.15) is 0 Å². The number of nitrogens with zero attached hydrogens (tertiary/aromatic N) is 2. The van der Waals surface area contributed by atoms with E-state index in [1.54, 1.807) is 23.1 Å². The Hall–Kier alpha value is -3.69. The fourth-order valence-corrected chi connectivity index (χ4v) is 4.32. The standard InChI is InChI=1S/C24H23N3O5S/c1-26(2)33(30,31)20-11-8-18(9-12-20)24(29)25-19-10-13-21-22(14-19)32-16-23(28)27(21)15-17-6-4-3-5-7-17/h3-14H,15-16H2,1-2H3,(H,25,29). The van der Waals surface area contributed by atoms with E-state index in [2.05, 4.69) is 5.32 Å². The lowest BCUT2D eigenvalue weighted by atomic mass is 10.1. The molecule has 0 unspecified atom stereocenters. The largest absolute Gasteiger partial charge is 0.481 e. The lowest BCUT2D eigenvalue weighted by molar-refractivity contribution is -0.121. The number of hydrogen-bond donors (Lipinski definition) is 1. The Kier molecular flexibility index (Phi) is 6.17. The minimum atomic E-state index is -3.57. The molecule has 1 aliphatic heterocycles. The number of sulfonamides is 1. The number of carbonyl (C=O) groups is 2. The highest BCUT2D eigenvalue weighted by Crippen LogP contribution is 2.35. The maximum atomic E-state index is 12.7. The first-order valence-electron chi connectivity index (χ1n) is 10.2. The van der Waals surface area contributed by atoms with E-state index in [4.69, 9.17) is 4.74 Å². The third-order valence-electron chi connectivity index (χ3n) is 5.24. The van der Waals surface area contributed by atoms with Gasteiger partial charge in [-0.25, -0.2) is 12.7 Å². The maximum absolute atomic E-state index is 12.7. The van der Waals surface area contributed by atoms with Crippen molar-refractivity contribution in [1.82, 2.24) is 4.31 Å². The van der Waals surface area contributed by atoms with Gasteiger partial charge in [0.1, 0.15) is 5.75 Å². The molecule has 0 bridgehead atoms. The van der Waals surface area contributed by atoms with Crippen LogP contribution >= 0.6 is 0 Å². The van der Waals surface area contributed by atoms with Crippen LogP contribution in [0.4, 0.5) is 11.4 Å². The van der Waals surface area contributed by atoms with E-state index in [1.807, 2.05) is 30.3 Å². The van der Waals surface area contributed by atoms with Gasteiger partial charge in [0.25, 0.3) is 11.8 Å². The molecular formula is C24H23N3O5S. The van der Waals surface area contributed by atoms with E-state index >= 15 is 0 Å². The van der Waals surface area contributed by atoms with Crippen LogP contribution in [0.1, 0.15) is 15.9 Å². The molecule has 0 aliphatic carbocycles. The van der Waals surface area contributed by atoms with E-state index in [0.29, 0.717) is 29.2 Å². The molecule has 0 fully saturated rings. The van der Waals surface area contributed by atoms with E-state index in [-0.39, 0.29) is 17.4 Å². The highest BCUT2D eigenvalue weighted by molar-refractivity contribution is 7.89. The average Bonchev–Trinajstić information content (AvgIpc) is 2.81. The summed E-state index contributed by atoms with van der Waals surface area (Å²) in [5.74, 6) is -0.0385. The second kappa shape index (κ2) is 9.05. The number of fused-ring (bicyclic) bond motifs is 1. The average molecular weight is 466 g/mol. The predicted octanol–water partition coefficient (Wildman–Crippen LogP) is 3.11. The molecule has 33 heavy (non-hydrogen) atoms. The van der Waals surface area contributed by atoms with Gasteiger partial charge in [-0.05, 0) is 42.0 Å². The number of ether oxygens (including phenoxy) is 1. The second-order valence-corrected chi connectivity index (χ2v) is 9.85. The Morgan fingerprint density at radius 1 is 1.03 bits per heavy atom. The zero-order valence-corrected chi connectivity index (χ0v) is 19.0. The van der Waals surface area contributed by atoms with Gasteiger partial charge < -0.3 is 15.0 Å². The molecule has 4 rings (SSSR count). The monoisotopic (exact) mass is 465 g/mol. The van der Waals surface area contributed by atoms with Crippen LogP contribution in [-0.4, -0.2) is 45.2 Å². The lowest BCUT2D eigenvalue weighted by Crippen LogP contribution is -2.38. The van der Waals surface area contributed by atoms with Gasteiger partial charge in [-0.15, -0.1) is 0 Å². The van der Waals surface area contributed by atoms with Crippen molar-refractivity contribution < 1.29 is 22.7 Å². The summed E-state index contributed by atoms with van der Waals surface area (Å²) in [5.41, 5.74) is 2.44. The van der Waals surface area contributed by atoms with Crippen LogP contribution in [0.5, 0.6) is 5.75 Å². The topological polar surface area (TPSA) is 96.0 Å². The van der Waals surface area contributed by atoms with E-state index < -0.39 is 15.9 Å². The van der Waals surface area contributed by atoms with Crippen molar-refractivity contribution in [3.63, 3.8) is 0 Å². The Morgan fingerprint density at radius 2 is 1.73 bits per heavy atom. The molecule has 1 N–H and O–H groups in total. The van der Waals surface area contributed by atoms with Gasteiger partial charge in [-0.3, -0.25) is 9.59 Å². The van der Waals surface area contributed by atoms with Crippen LogP contribution in [0.15, 0.2) is 77.7 Å². The van der Waals surface area contributed by atoms with Crippen molar-refractivity contribution in [1.29, 1.82) is 0 Å². The van der Waals surface area contributed by atoms with Gasteiger partial charge in [-0.1, -0.05) is 30.3 Å². The molecule has 2 amide bonds. The van der Waals surface area contributed by atoms with Crippen LogP contribution in [0.3, 0.4) is 0 Å². The molecule has 1 aliphatic rings. The number of amides is 2. The maximum Gasteiger partial charge on any atom is 0.265 e. The van der Waals surface area contributed by atoms with Crippen molar-refractivity contribution in [2.75, 3.05) is 30.9 Å². The van der Waals surface area contributed by atoms with Crippen molar-refractivity contribution in [3.8, 4) is 5.75 Å². The number of benzene rings is 3. The summed E-state index contributed by atoms with van der Waals surface area (Å²) >= 11 is 0. The number of hydrogen-bond acceptors (Lipinski definition) is 5. The van der Waals surface area contributed by atoms with Crippen LogP contribution in [-0.2, 0) is 21.4 Å². The van der Waals surface area contributed by atoms with Crippen LogP contribution in [0, 0.1) is 0 Å². The van der Waals surface area contributed by atoms with Crippen molar-refractivity contribution in [2.45, 2.75) is 11.4 Å². The normalized spacial score (nSPS) is 13.4. The third kappa shape index (κ3) is 4.74. The molecule has 0 saturated heterocycles. The zero-order chi connectivity index (χ0) is 23.6. The highest BCUT2D eigenvalue weighted by atomic mass is 32.2. The van der Waals surface area contributed by atoms with E-state index in [1.165, 1.54) is 38.4 Å². The van der Waals surface area contributed by atoms with Crippen molar-refractivity contribution in [2.24, 2.45) is 0 Å². The Labute approximate surface area is 192 Å². The molecule has 3 aromatic carbocycles. The molecule has 8 nitrogen and oxygen atoms in total. The van der Waals surface area contributed by atoms with Crippen LogP contribution < -0.4 is 15.0 Å². The predicted molar refractivity (Wildman–Crippen MR) is 125 cm³/mol. The molecule has 1 heterocycles. The SMILES string of the molecule is CN(C)S(=O)(=O)c1ccc(C(=O)Nc2ccc3c(c2)OCC(=O)N3Cc2ccccc2)cc1. The molecule has 0 saturated carbocycles. The molecule has 170 valence electrons. The van der Waals surface area contributed by atoms with E-state index in [9.17, 15) is 18.0 Å². The minimum absolute atomic E-state index is 0.0843. The Morgan fingerprint density at radius 3 is 2.39 bits per heavy atom. The summed E-state index contributed by atoms with van der Waals surface area (Å²) < 4.78 is 31.1.